The predicted molar refractivity (Wildman–Crippen MR) is 78.5 cm³/mol. The fourth-order valence-electron chi connectivity index (χ4n) is 2.63. The largest absolute Gasteiger partial charge is 0.359 e. The molecule has 0 radical (unpaired) electrons. The standard InChI is InChI=1S/C14H14ClFN2O3S/c1-9-7-14(21-17-9)13-3-2-6-18(13)22(19,20)10-4-5-12(16)11(15)8-10/h4-5,7-8,13H,2-3,6H2,1H3/t13-/m0/s1. The van der Waals surface area contributed by atoms with Crippen molar-refractivity contribution in [2.75, 3.05) is 6.54 Å². The van der Waals surface area contributed by atoms with Crippen LogP contribution in [-0.2, 0) is 10.0 Å². The van der Waals surface area contributed by atoms with Crippen LogP contribution in [0.5, 0.6) is 0 Å². The number of sulfonamides is 1. The van der Waals surface area contributed by atoms with Crippen molar-refractivity contribution in [3.8, 4) is 0 Å². The smallest absolute Gasteiger partial charge is 0.243 e. The summed E-state index contributed by atoms with van der Waals surface area (Å²) < 4.78 is 45.4. The second kappa shape index (κ2) is 5.64. The van der Waals surface area contributed by atoms with E-state index in [4.69, 9.17) is 16.1 Å². The molecule has 1 aromatic heterocycles. The van der Waals surface area contributed by atoms with Gasteiger partial charge in [-0.3, -0.25) is 0 Å². The highest BCUT2D eigenvalue weighted by molar-refractivity contribution is 7.89. The molecule has 3 rings (SSSR count). The lowest BCUT2D eigenvalue weighted by Gasteiger charge is -2.22. The predicted octanol–water partition coefficient (Wildman–Crippen LogP) is 3.30. The van der Waals surface area contributed by atoms with Gasteiger partial charge in [-0.1, -0.05) is 16.8 Å². The molecule has 1 aliphatic heterocycles. The number of hydrogen-bond donors (Lipinski definition) is 0. The summed E-state index contributed by atoms with van der Waals surface area (Å²) in [4.78, 5) is -0.0259. The van der Waals surface area contributed by atoms with Gasteiger partial charge in [0.1, 0.15) is 5.82 Å². The quantitative estimate of drug-likeness (QED) is 0.857. The minimum absolute atomic E-state index is 0.0259. The van der Waals surface area contributed by atoms with Crippen molar-refractivity contribution in [3.63, 3.8) is 0 Å². The summed E-state index contributed by atoms with van der Waals surface area (Å²) in [7, 11) is -3.77. The number of benzene rings is 1. The van der Waals surface area contributed by atoms with E-state index >= 15 is 0 Å². The topological polar surface area (TPSA) is 63.4 Å². The summed E-state index contributed by atoms with van der Waals surface area (Å²) in [5, 5.41) is 3.59. The molecule has 5 nitrogen and oxygen atoms in total. The highest BCUT2D eigenvalue weighted by atomic mass is 35.5. The molecule has 22 heavy (non-hydrogen) atoms. The van der Waals surface area contributed by atoms with Crippen LogP contribution in [0.4, 0.5) is 4.39 Å². The molecule has 2 aromatic rings. The van der Waals surface area contributed by atoms with Gasteiger partial charge in [0.05, 0.1) is 21.7 Å². The maximum atomic E-state index is 13.2. The first kappa shape index (κ1) is 15.5. The summed E-state index contributed by atoms with van der Waals surface area (Å²) >= 11 is 5.70. The molecule has 1 aromatic carbocycles. The Hall–Kier alpha value is -1.44. The van der Waals surface area contributed by atoms with Crippen LogP contribution in [0.15, 0.2) is 33.7 Å². The average molecular weight is 345 g/mol. The lowest BCUT2D eigenvalue weighted by molar-refractivity contribution is 0.297. The molecule has 0 aliphatic carbocycles. The first-order chi connectivity index (χ1) is 10.4. The molecule has 0 bridgehead atoms. The second-order valence-electron chi connectivity index (χ2n) is 5.22. The number of halogens is 2. The molecule has 118 valence electrons. The molecule has 0 amide bonds. The van der Waals surface area contributed by atoms with Crippen LogP contribution in [0, 0.1) is 12.7 Å². The van der Waals surface area contributed by atoms with Gasteiger partial charge in [0.2, 0.25) is 10.0 Å². The van der Waals surface area contributed by atoms with Gasteiger partial charge in [0.15, 0.2) is 5.76 Å². The highest BCUT2D eigenvalue weighted by Gasteiger charge is 2.38. The van der Waals surface area contributed by atoms with E-state index in [9.17, 15) is 12.8 Å². The highest BCUT2D eigenvalue weighted by Crippen LogP contribution is 2.37. The van der Waals surface area contributed by atoms with E-state index in [1.165, 1.54) is 10.4 Å². The van der Waals surface area contributed by atoms with Gasteiger partial charge in [-0.15, -0.1) is 0 Å². The van der Waals surface area contributed by atoms with E-state index in [0.717, 1.165) is 18.6 Å². The SMILES string of the molecule is Cc1cc([C@@H]2CCCN2S(=O)(=O)c2ccc(F)c(Cl)c2)on1. The maximum Gasteiger partial charge on any atom is 0.243 e. The van der Waals surface area contributed by atoms with E-state index in [2.05, 4.69) is 5.16 Å². The molecule has 1 saturated heterocycles. The summed E-state index contributed by atoms with van der Waals surface area (Å²) in [6, 6.07) is 4.75. The van der Waals surface area contributed by atoms with Crippen LogP contribution in [0.1, 0.15) is 30.3 Å². The second-order valence-corrected chi connectivity index (χ2v) is 7.52. The Balaban J connectivity index is 1.98. The first-order valence-electron chi connectivity index (χ1n) is 6.80. The Bertz CT molecular complexity index is 806. The van der Waals surface area contributed by atoms with Crippen LogP contribution in [0.25, 0.3) is 0 Å². The molecule has 8 heteroatoms. The van der Waals surface area contributed by atoms with Gasteiger partial charge in [-0.2, -0.15) is 4.31 Å². The Labute approximate surface area is 132 Å². The maximum absolute atomic E-state index is 13.2. The zero-order chi connectivity index (χ0) is 15.9. The summed E-state index contributed by atoms with van der Waals surface area (Å²) in [6.07, 6.45) is 1.38. The number of rotatable bonds is 3. The minimum Gasteiger partial charge on any atom is -0.359 e. The van der Waals surface area contributed by atoms with Crippen LogP contribution < -0.4 is 0 Å². The van der Waals surface area contributed by atoms with Crippen molar-refractivity contribution in [2.24, 2.45) is 0 Å². The van der Waals surface area contributed by atoms with Crippen molar-refractivity contribution >= 4 is 21.6 Å². The van der Waals surface area contributed by atoms with E-state index in [1.54, 1.807) is 13.0 Å². The summed E-state index contributed by atoms with van der Waals surface area (Å²) in [5.41, 5.74) is 0.698. The van der Waals surface area contributed by atoms with Crippen molar-refractivity contribution in [1.29, 1.82) is 0 Å². The molecule has 0 N–H and O–H groups in total. The zero-order valence-corrected chi connectivity index (χ0v) is 13.4. The summed E-state index contributed by atoms with van der Waals surface area (Å²) in [6.45, 7) is 2.16. The molecule has 1 aliphatic rings. The van der Waals surface area contributed by atoms with Crippen molar-refractivity contribution in [2.45, 2.75) is 30.7 Å². The Morgan fingerprint density at radius 1 is 1.41 bits per heavy atom. The van der Waals surface area contributed by atoms with Gasteiger partial charge >= 0.3 is 0 Å². The molecular weight excluding hydrogens is 331 g/mol. The van der Waals surface area contributed by atoms with Crippen molar-refractivity contribution < 1.29 is 17.3 Å². The lowest BCUT2D eigenvalue weighted by atomic mass is 10.2. The van der Waals surface area contributed by atoms with Gasteiger partial charge in [-0.25, -0.2) is 12.8 Å². The van der Waals surface area contributed by atoms with Gasteiger partial charge in [-0.05, 0) is 38.0 Å². The van der Waals surface area contributed by atoms with Crippen LogP contribution in [-0.4, -0.2) is 24.4 Å². The summed E-state index contributed by atoms with van der Waals surface area (Å²) in [5.74, 6) is -0.128. The zero-order valence-electron chi connectivity index (χ0n) is 11.8. The van der Waals surface area contributed by atoms with E-state index in [1.807, 2.05) is 0 Å². The number of aryl methyl sites for hydroxylation is 1. The lowest BCUT2D eigenvalue weighted by Crippen LogP contribution is -2.30. The molecule has 2 heterocycles. The van der Waals surface area contributed by atoms with E-state index in [-0.39, 0.29) is 9.92 Å². The third kappa shape index (κ3) is 2.64. The molecule has 1 atom stereocenters. The first-order valence-corrected chi connectivity index (χ1v) is 8.61. The van der Waals surface area contributed by atoms with Crippen LogP contribution in [0.3, 0.4) is 0 Å². The monoisotopic (exact) mass is 344 g/mol. The van der Waals surface area contributed by atoms with Gasteiger partial charge in [0.25, 0.3) is 0 Å². The Kier molecular flexibility index (Phi) is 3.96. The normalized spacial score (nSPS) is 19.7. The Morgan fingerprint density at radius 2 is 2.18 bits per heavy atom. The minimum atomic E-state index is -3.77. The van der Waals surface area contributed by atoms with Crippen LogP contribution >= 0.6 is 11.6 Å². The Morgan fingerprint density at radius 3 is 2.82 bits per heavy atom. The third-order valence-corrected chi connectivity index (χ3v) is 5.87. The molecule has 0 spiro atoms. The third-order valence-electron chi connectivity index (χ3n) is 3.68. The van der Waals surface area contributed by atoms with Gasteiger partial charge < -0.3 is 4.52 Å². The molecule has 0 saturated carbocycles. The van der Waals surface area contributed by atoms with Crippen LogP contribution in [0.2, 0.25) is 5.02 Å². The number of aromatic nitrogens is 1. The molecular formula is C14H14ClFN2O3S. The van der Waals surface area contributed by atoms with E-state index < -0.39 is 21.9 Å². The molecule has 0 unspecified atom stereocenters. The number of hydrogen-bond acceptors (Lipinski definition) is 4. The average Bonchev–Trinajstić information content (AvgIpc) is 3.10. The van der Waals surface area contributed by atoms with E-state index in [0.29, 0.717) is 24.4 Å². The van der Waals surface area contributed by atoms with Crippen molar-refractivity contribution in [1.82, 2.24) is 9.46 Å². The molecule has 1 fully saturated rings. The van der Waals surface area contributed by atoms with Gasteiger partial charge in [0, 0.05) is 12.6 Å². The fourth-order valence-corrected chi connectivity index (χ4v) is 4.56. The van der Waals surface area contributed by atoms with Crippen molar-refractivity contribution in [3.05, 3.63) is 46.6 Å². The number of nitrogens with zero attached hydrogens (tertiary/aromatic N) is 2. The fraction of sp³-hybridized carbons (Fsp3) is 0.357.